The molecule has 0 aromatic rings. The van der Waals surface area contributed by atoms with Gasteiger partial charge in [-0.3, -0.25) is 4.79 Å². The van der Waals surface area contributed by atoms with Gasteiger partial charge < -0.3 is 10.5 Å². The number of carbonyl (C=O) groups is 1. The maximum Gasteiger partial charge on any atom is 0.316 e. The first kappa shape index (κ1) is 11.7. The summed E-state index contributed by atoms with van der Waals surface area (Å²) in [6, 6.07) is 0. The van der Waals surface area contributed by atoms with Crippen LogP contribution in [-0.2, 0) is 9.53 Å². The van der Waals surface area contributed by atoms with Gasteiger partial charge in [0, 0.05) is 0 Å². The third kappa shape index (κ3) is 7.81. The number of ether oxygens (including phenoxy) is 1. The molecular weight excluding hydrogens is 194 g/mol. The van der Waals surface area contributed by atoms with Crippen molar-refractivity contribution in [1.82, 2.24) is 0 Å². The monoisotopic (exact) mass is 207 g/mol. The number of rotatable bonds is 2. The molecule has 0 radical (unpaired) electrons. The molecule has 12 heavy (non-hydrogen) atoms. The molecule has 0 spiro atoms. The van der Waals surface area contributed by atoms with Gasteiger partial charge >= 0.3 is 5.97 Å². The lowest BCUT2D eigenvalue weighted by molar-refractivity contribution is -0.151. The molecule has 0 aliphatic rings. The molecule has 3 nitrogen and oxygen atoms in total. The number of thioether (sulfide) groups is 1. The van der Waals surface area contributed by atoms with Crippen LogP contribution in [0.4, 0.5) is 0 Å². The fourth-order valence-corrected chi connectivity index (χ4v) is 0.997. The number of hydrogen-bond donors (Lipinski definition) is 1. The Morgan fingerprint density at radius 2 is 2.08 bits per heavy atom. The summed E-state index contributed by atoms with van der Waals surface area (Å²) in [5.74, 6) is -0.104. The zero-order chi connectivity index (χ0) is 9.78. The average Bonchev–Trinajstić information content (AvgIpc) is 1.79. The maximum atomic E-state index is 11.0. The summed E-state index contributed by atoms with van der Waals surface area (Å²) >= 11 is 5.70. The number of nitrogens with two attached hydrogens (primary N) is 1. The van der Waals surface area contributed by atoms with E-state index in [0.717, 1.165) is 11.8 Å². The van der Waals surface area contributed by atoms with Crippen LogP contribution in [0.5, 0.6) is 0 Å². The molecule has 0 saturated heterocycles. The van der Waals surface area contributed by atoms with Gasteiger partial charge in [-0.2, -0.15) is 0 Å². The Bertz CT molecular complexity index is 186. The number of hydrogen-bond acceptors (Lipinski definition) is 4. The van der Waals surface area contributed by atoms with Gasteiger partial charge in [0.05, 0.1) is 5.75 Å². The van der Waals surface area contributed by atoms with Crippen molar-refractivity contribution in [2.75, 3.05) is 5.75 Å². The summed E-state index contributed by atoms with van der Waals surface area (Å²) in [6.07, 6.45) is 0. The normalized spacial score (nSPS) is 10.9. The molecule has 0 aromatic heterocycles. The van der Waals surface area contributed by atoms with Crippen molar-refractivity contribution in [3.05, 3.63) is 0 Å². The molecular formula is C7H13NO2S2. The van der Waals surface area contributed by atoms with Gasteiger partial charge in [0.15, 0.2) is 0 Å². The van der Waals surface area contributed by atoms with Crippen molar-refractivity contribution in [2.45, 2.75) is 26.4 Å². The highest BCUT2D eigenvalue weighted by Crippen LogP contribution is 2.09. The SMILES string of the molecule is CC(C)(C)OC(=O)CSC(N)=S. The second-order valence-electron chi connectivity index (χ2n) is 3.19. The first-order valence-electron chi connectivity index (χ1n) is 3.45. The molecule has 2 N–H and O–H groups in total. The Hall–Kier alpha value is -0.290. The van der Waals surface area contributed by atoms with E-state index in [-0.39, 0.29) is 16.0 Å². The third-order valence-electron chi connectivity index (χ3n) is 0.752. The van der Waals surface area contributed by atoms with Crippen LogP contribution in [-0.4, -0.2) is 21.6 Å². The minimum Gasteiger partial charge on any atom is -0.459 e. The lowest BCUT2D eigenvalue weighted by Crippen LogP contribution is -2.25. The summed E-state index contributed by atoms with van der Waals surface area (Å²) in [5, 5.41) is 0. The molecule has 70 valence electrons. The van der Waals surface area contributed by atoms with Crippen LogP contribution in [0.15, 0.2) is 0 Å². The lowest BCUT2D eigenvalue weighted by atomic mass is 10.2. The van der Waals surface area contributed by atoms with Crippen LogP contribution >= 0.6 is 24.0 Å². The van der Waals surface area contributed by atoms with E-state index >= 15 is 0 Å². The van der Waals surface area contributed by atoms with E-state index < -0.39 is 5.60 Å². The average molecular weight is 207 g/mol. The highest BCUT2D eigenvalue weighted by atomic mass is 32.2. The molecule has 0 unspecified atom stereocenters. The smallest absolute Gasteiger partial charge is 0.316 e. The lowest BCUT2D eigenvalue weighted by Gasteiger charge is -2.18. The fraction of sp³-hybridized carbons (Fsp3) is 0.714. The Labute approximate surface area is 82.0 Å². The minimum absolute atomic E-state index is 0.187. The zero-order valence-electron chi connectivity index (χ0n) is 7.42. The molecule has 0 saturated carbocycles. The third-order valence-corrected chi connectivity index (χ3v) is 1.77. The predicted octanol–water partition coefficient (Wildman–Crippen LogP) is 1.30. The van der Waals surface area contributed by atoms with Gasteiger partial charge in [0.25, 0.3) is 0 Å². The topological polar surface area (TPSA) is 52.3 Å². The molecule has 0 aliphatic heterocycles. The Morgan fingerprint density at radius 1 is 1.58 bits per heavy atom. The second kappa shape index (κ2) is 4.67. The summed E-state index contributed by atoms with van der Waals surface area (Å²) in [7, 11) is 0. The van der Waals surface area contributed by atoms with Crippen molar-refractivity contribution in [2.24, 2.45) is 5.73 Å². The number of thiocarbonyl (C=S) groups is 1. The molecule has 0 aromatic carbocycles. The molecule has 0 amide bonds. The molecule has 0 bridgehead atoms. The van der Waals surface area contributed by atoms with E-state index in [0.29, 0.717) is 0 Å². The van der Waals surface area contributed by atoms with Crippen LogP contribution in [0.3, 0.4) is 0 Å². The summed E-state index contributed by atoms with van der Waals surface area (Å²) in [6.45, 7) is 5.45. The van der Waals surface area contributed by atoms with E-state index in [2.05, 4.69) is 12.2 Å². The Morgan fingerprint density at radius 3 is 2.42 bits per heavy atom. The van der Waals surface area contributed by atoms with Crippen LogP contribution < -0.4 is 5.73 Å². The molecule has 0 rings (SSSR count). The predicted molar refractivity (Wildman–Crippen MR) is 55.1 cm³/mol. The molecule has 0 fully saturated rings. The Balaban J connectivity index is 3.68. The molecule has 0 aliphatic carbocycles. The molecule has 5 heteroatoms. The first-order valence-corrected chi connectivity index (χ1v) is 4.85. The minimum atomic E-state index is -0.437. The first-order chi connectivity index (χ1) is 5.31. The number of carbonyl (C=O) groups excluding carboxylic acids is 1. The van der Waals surface area contributed by atoms with Gasteiger partial charge in [-0.25, -0.2) is 0 Å². The zero-order valence-corrected chi connectivity index (χ0v) is 9.05. The fourth-order valence-electron chi connectivity index (χ4n) is 0.501. The molecule has 0 atom stereocenters. The molecule has 0 heterocycles. The van der Waals surface area contributed by atoms with Crippen LogP contribution in [0, 0.1) is 0 Å². The van der Waals surface area contributed by atoms with Gasteiger partial charge in [0.2, 0.25) is 0 Å². The summed E-state index contributed by atoms with van der Waals surface area (Å²) in [4.78, 5) is 11.0. The van der Waals surface area contributed by atoms with Crippen molar-refractivity contribution < 1.29 is 9.53 Å². The van der Waals surface area contributed by atoms with E-state index in [1.165, 1.54) is 0 Å². The van der Waals surface area contributed by atoms with Gasteiger partial charge in [-0.15, -0.1) is 0 Å². The van der Waals surface area contributed by atoms with Gasteiger partial charge in [-0.1, -0.05) is 24.0 Å². The van der Waals surface area contributed by atoms with E-state index in [4.69, 9.17) is 10.5 Å². The van der Waals surface area contributed by atoms with Gasteiger partial charge in [0.1, 0.15) is 9.92 Å². The van der Waals surface area contributed by atoms with Gasteiger partial charge in [-0.05, 0) is 20.8 Å². The maximum absolute atomic E-state index is 11.0. The highest BCUT2D eigenvalue weighted by molar-refractivity contribution is 8.23. The van der Waals surface area contributed by atoms with Crippen molar-refractivity contribution >= 4 is 34.3 Å². The van der Waals surface area contributed by atoms with Crippen LogP contribution in [0.1, 0.15) is 20.8 Å². The standard InChI is InChI=1S/C7H13NO2S2/c1-7(2,3)10-5(9)4-12-6(8)11/h4H2,1-3H3,(H2,8,11). The van der Waals surface area contributed by atoms with Crippen LogP contribution in [0.2, 0.25) is 0 Å². The number of esters is 1. The van der Waals surface area contributed by atoms with Crippen molar-refractivity contribution in [1.29, 1.82) is 0 Å². The highest BCUT2D eigenvalue weighted by Gasteiger charge is 2.15. The van der Waals surface area contributed by atoms with Crippen LogP contribution in [0.25, 0.3) is 0 Å². The Kier molecular flexibility index (Phi) is 4.55. The van der Waals surface area contributed by atoms with E-state index in [1.54, 1.807) is 0 Å². The second-order valence-corrected chi connectivity index (χ2v) is 4.91. The van der Waals surface area contributed by atoms with E-state index in [1.807, 2.05) is 20.8 Å². The van der Waals surface area contributed by atoms with E-state index in [9.17, 15) is 4.79 Å². The summed E-state index contributed by atoms with van der Waals surface area (Å²) in [5.41, 5.74) is 4.75. The summed E-state index contributed by atoms with van der Waals surface area (Å²) < 4.78 is 5.28. The largest absolute Gasteiger partial charge is 0.459 e. The quantitative estimate of drug-likeness (QED) is 0.546. The van der Waals surface area contributed by atoms with Crippen molar-refractivity contribution in [3.8, 4) is 0 Å². The van der Waals surface area contributed by atoms with Crippen molar-refractivity contribution in [3.63, 3.8) is 0 Å².